The molecule has 0 aliphatic rings. The zero-order valence-electron chi connectivity index (χ0n) is 15.9. The average Bonchev–Trinajstić information content (AvgIpc) is 2.63. The summed E-state index contributed by atoms with van der Waals surface area (Å²) in [5.41, 5.74) is -0.203. The molecule has 0 aliphatic heterocycles. The number of nitrogens with zero attached hydrogens (tertiary/aromatic N) is 1. The van der Waals surface area contributed by atoms with Crippen LogP contribution in [0.3, 0.4) is 0 Å². The number of nitrogens with one attached hydrogen (secondary N) is 1. The fourth-order valence-corrected chi connectivity index (χ4v) is 2.37. The molecule has 0 unspecified atom stereocenters. The molecular formula is C20H22BrFN2O4. The SMILES string of the molecule is CC(C)(C)OC(=O)Nc1ccc(F)c(N(OCCBr)C(=O)c2ccccc2)c1. The van der Waals surface area contributed by atoms with Crippen molar-refractivity contribution < 1.29 is 23.6 Å². The molecule has 0 saturated carbocycles. The first-order valence-electron chi connectivity index (χ1n) is 8.59. The van der Waals surface area contributed by atoms with Gasteiger partial charge >= 0.3 is 6.09 Å². The van der Waals surface area contributed by atoms with Gasteiger partial charge in [-0.05, 0) is 51.1 Å². The summed E-state index contributed by atoms with van der Waals surface area (Å²) < 4.78 is 19.7. The normalized spacial score (nSPS) is 11.0. The van der Waals surface area contributed by atoms with Gasteiger partial charge in [0.25, 0.3) is 5.91 Å². The van der Waals surface area contributed by atoms with Crippen LogP contribution in [-0.4, -0.2) is 29.5 Å². The van der Waals surface area contributed by atoms with E-state index >= 15 is 0 Å². The molecule has 28 heavy (non-hydrogen) atoms. The first-order chi connectivity index (χ1) is 13.2. The maximum absolute atomic E-state index is 14.5. The number of hydroxylamine groups is 1. The Bertz CT molecular complexity index is 825. The Morgan fingerprint density at radius 2 is 1.82 bits per heavy atom. The Hall–Kier alpha value is -2.45. The van der Waals surface area contributed by atoms with Gasteiger partial charge in [-0.2, -0.15) is 5.06 Å². The third-order valence-electron chi connectivity index (χ3n) is 3.31. The average molecular weight is 453 g/mol. The van der Waals surface area contributed by atoms with Crippen LogP contribution in [0, 0.1) is 5.82 Å². The summed E-state index contributed by atoms with van der Waals surface area (Å²) in [5.74, 6) is -1.21. The van der Waals surface area contributed by atoms with Crippen LogP contribution in [0.2, 0.25) is 0 Å². The quantitative estimate of drug-likeness (QED) is 0.486. The minimum absolute atomic E-state index is 0.122. The molecule has 0 bridgehead atoms. The van der Waals surface area contributed by atoms with Gasteiger partial charge in [-0.25, -0.2) is 9.18 Å². The molecule has 2 amide bonds. The van der Waals surface area contributed by atoms with Crippen LogP contribution in [0.5, 0.6) is 0 Å². The number of hydrogen-bond donors (Lipinski definition) is 1. The number of halogens is 2. The van der Waals surface area contributed by atoms with E-state index in [4.69, 9.17) is 9.57 Å². The lowest BCUT2D eigenvalue weighted by molar-refractivity contribution is 0.0635. The van der Waals surface area contributed by atoms with E-state index in [0.29, 0.717) is 10.9 Å². The van der Waals surface area contributed by atoms with Gasteiger partial charge in [0.2, 0.25) is 0 Å². The lowest BCUT2D eigenvalue weighted by atomic mass is 10.2. The standard InChI is InChI=1S/C20H22BrFN2O4/c1-20(2,3)28-19(26)23-15-9-10-16(22)17(13-15)24(27-12-11-21)18(25)14-7-5-4-6-8-14/h4-10,13H,11-12H2,1-3H3,(H,23,26). The van der Waals surface area contributed by atoms with Gasteiger partial charge in [0, 0.05) is 16.6 Å². The Morgan fingerprint density at radius 1 is 1.14 bits per heavy atom. The highest BCUT2D eigenvalue weighted by Crippen LogP contribution is 2.26. The van der Waals surface area contributed by atoms with Crippen LogP contribution in [0.4, 0.5) is 20.6 Å². The van der Waals surface area contributed by atoms with E-state index in [2.05, 4.69) is 21.2 Å². The van der Waals surface area contributed by atoms with Crippen LogP contribution in [0.1, 0.15) is 31.1 Å². The van der Waals surface area contributed by atoms with Crippen molar-refractivity contribution in [1.82, 2.24) is 0 Å². The fourth-order valence-electron chi connectivity index (χ4n) is 2.23. The van der Waals surface area contributed by atoms with E-state index in [-0.39, 0.29) is 18.0 Å². The molecule has 6 nitrogen and oxygen atoms in total. The molecule has 0 fully saturated rings. The molecule has 0 heterocycles. The fraction of sp³-hybridized carbons (Fsp3) is 0.300. The van der Waals surface area contributed by atoms with Crippen molar-refractivity contribution in [1.29, 1.82) is 0 Å². The maximum Gasteiger partial charge on any atom is 0.412 e. The Labute approximate surface area is 171 Å². The Kier molecular flexibility index (Phi) is 7.53. The second kappa shape index (κ2) is 9.66. The van der Waals surface area contributed by atoms with Crippen molar-refractivity contribution in [2.45, 2.75) is 26.4 Å². The molecule has 2 aromatic rings. The van der Waals surface area contributed by atoms with Crippen molar-refractivity contribution >= 4 is 39.3 Å². The molecule has 150 valence electrons. The number of ether oxygens (including phenoxy) is 1. The molecule has 0 aromatic heterocycles. The smallest absolute Gasteiger partial charge is 0.412 e. The van der Waals surface area contributed by atoms with E-state index in [1.807, 2.05) is 0 Å². The lowest BCUT2D eigenvalue weighted by Crippen LogP contribution is -2.33. The number of carbonyl (C=O) groups excluding carboxylic acids is 2. The monoisotopic (exact) mass is 452 g/mol. The minimum atomic E-state index is -0.688. The van der Waals surface area contributed by atoms with E-state index < -0.39 is 23.4 Å². The number of hydrogen-bond acceptors (Lipinski definition) is 4. The van der Waals surface area contributed by atoms with Crippen LogP contribution in [0.15, 0.2) is 48.5 Å². The summed E-state index contributed by atoms with van der Waals surface area (Å²) in [6.45, 7) is 5.34. The second-order valence-corrected chi connectivity index (χ2v) is 7.57. The van der Waals surface area contributed by atoms with E-state index in [1.54, 1.807) is 51.1 Å². The number of rotatable bonds is 6. The molecule has 0 saturated heterocycles. The van der Waals surface area contributed by atoms with Gasteiger partial charge in [0.05, 0.1) is 6.61 Å². The van der Waals surface area contributed by atoms with Crippen LogP contribution >= 0.6 is 15.9 Å². The van der Waals surface area contributed by atoms with Gasteiger partial charge in [0.15, 0.2) is 0 Å². The first-order valence-corrected chi connectivity index (χ1v) is 9.71. The topological polar surface area (TPSA) is 67.9 Å². The number of alkyl halides is 1. The van der Waals surface area contributed by atoms with Crippen LogP contribution in [0.25, 0.3) is 0 Å². The van der Waals surface area contributed by atoms with Crippen molar-refractivity contribution in [2.24, 2.45) is 0 Å². The summed E-state index contributed by atoms with van der Waals surface area (Å²) in [5, 5.41) is 3.85. The first kappa shape index (κ1) is 21.8. The number of benzene rings is 2. The highest BCUT2D eigenvalue weighted by Gasteiger charge is 2.23. The molecule has 1 N–H and O–H groups in total. The predicted octanol–water partition coefficient (Wildman–Crippen LogP) is 5.15. The highest BCUT2D eigenvalue weighted by molar-refractivity contribution is 9.09. The predicted molar refractivity (Wildman–Crippen MR) is 109 cm³/mol. The summed E-state index contributed by atoms with van der Waals surface area (Å²) in [7, 11) is 0. The summed E-state index contributed by atoms with van der Waals surface area (Å²) in [6, 6.07) is 12.2. The number of anilines is 2. The zero-order valence-corrected chi connectivity index (χ0v) is 17.5. The molecule has 0 spiro atoms. The highest BCUT2D eigenvalue weighted by atomic mass is 79.9. The second-order valence-electron chi connectivity index (χ2n) is 6.78. The Balaban J connectivity index is 2.32. The van der Waals surface area contributed by atoms with E-state index in [1.165, 1.54) is 12.1 Å². The number of carbonyl (C=O) groups is 2. The van der Waals surface area contributed by atoms with Crippen molar-refractivity contribution in [3.63, 3.8) is 0 Å². The third kappa shape index (κ3) is 6.31. The maximum atomic E-state index is 14.5. The zero-order chi connectivity index (χ0) is 20.7. The molecule has 2 aromatic carbocycles. The van der Waals surface area contributed by atoms with Crippen molar-refractivity contribution in [3.8, 4) is 0 Å². The van der Waals surface area contributed by atoms with E-state index in [0.717, 1.165) is 11.1 Å². The third-order valence-corrected chi connectivity index (χ3v) is 3.64. The largest absolute Gasteiger partial charge is 0.444 e. The lowest BCUT2D eigenvalue weighted by Gasteiger charge is -2.23. The molecule has 0 radical (unpaired) electrons. The van der Waals surface area contributed by atoms with Crippen molar-refractivity contribution in [3.05, 3.63) is 59.9 Å². The van der Waals surface area contributed by atoms with Gasteiger partial charge < -0.3 is 4.74 Å². The summed E-state index contributed by atoms with van der Waals surface area (Å²) in [6.07, 6.45) is -0.688. The molecule has 8 heteroatoms. The summed E-state index contributed by atoms with van der Waals surface area (Å²) in [4.78, 5) is 30.3. The van der Waals surface area contributed by atoms with Gasteiger partial charge in [0.1, 0.15) is 17.1 Å². The number of amides is 2. The van der Waals surface area contributed by atoms with Crippen LogP contribution in [-0.2, 0) is 9.57 Å². The van der Waals surface area contributed by atoms with Gasteiger partial charge in [-0.15, -0.1) is 0 Å². The van der Waals surface area contributed by atoms with Crippen molar-refractivity contribution in [2.75, 3.05) is 22.3 Å². The summed E-state index contributed by atoms with van der Waals surface area (Å²) >= 11 is 3.22. The molecule has 0 atom stereocenters. The van der Waals surface area contributed by atoms with Gasteiger partial charge in [-0.3, -0.25) is 14.9 Å². The van der Waals surface area contributed by atoms with Crippen LogP contribution < -0.4 is 10.4 Å². The Morgan fingerprint density at radius 3 is 2.43 bits per heavy atom. The molecular weight excluding hydrogens is 431 g/mol. The molecule has 0 aliphatic carbocycles. The van der Waals surface area contributed by atoms with E-state index in [9.17, 15) is 14.0 Å². The van der Waals surface area contributed by atoms with Gasteiger partial charge in [-0.1, -0.05) is 34.1 Å². The minimum Gasteiger partial charge on any atom is -0.444 e. The molecule has 2 rings (SSSR count).